The fourth-order valence-corrected chi connectivity index (χ4v) is 5.01. The summed E-state index contributed by atoms with van der Waals surface area (Å²) in [5.41, 5.74) is 0. The summed E-state index contributed by atoms with van der Waals surface area (Å²) in [5, 5.41) is 3.49. The van der Waals surface area contributed by atoms with Crippen molar-refractivity contribution < 1.29 is 4.42 Å². The van der Waals surface area contributed by atoms with Gasteiger partial charge >= 0.3 is 0 Å². The Morgan fingerprint density at radius 2 is 2.08 bits per heavy atom. The number of halogens is 1. The van der Waals surface area contributed by atoms with Crippen molar-refractivity contribution in [3.05, 3.63) is 24.2 Å². The van der Waals surface area contributed by atoms with Crippen molar-refractivity contribution in [2.75, 3.05) is 39.8 Å². The molecule has 4 rings (SSSR count). The lowest BCUT2D eigenvalue weighted by Crippen LogP contribution is -2.55. The van der Waals surface area contributed by atoms with Gasteiger partial charge < -0.3 is 14.6 Å². The number of nitrogens with one attached hydrogen (secondary N) is 1. The molecule has 3 aliphatic rings. The van der Waals surface area contributed by atoms with E-state index in [2.05, 4.69) is 20.1 Å². The van der Waals surface area contributed by atoms with Crippen LogP contribution in [-0.4, -0.2) is 61.6 Å². The lowest BCUT2D eigenvalue weighted by molar-refractivity contribution is 0.0958. The zero-order valence-corrected chi connectivity index (χ0v) is 17.5. The normalized spacial score (nSPS) is 29.7. The van der Waals surface area contributed by atoms with E-state index in [1.807, 2.05) is 19.2 Å². The van der Waals surface area contributed by atoms with Crippen molar-refractivity contribution in [3.63, 3.8) is 0 Å². The molecule has 6 heteroatoms. The smallest absolute Gasteiger partial charge is 0.193 e. The van der Waals surface area contributed by atoms with Crippen LogP contribution in [0, 0.1) is 11.8 Å². The lowest BCUT2D eigenvalue weighted by atomic mass is 9.93. The number of nitrogens with zero attached hydrogens (tertiary/aromatic N) is 3. The molecule has 2 bridgehead atoms. The summed E-state index contributed by atoms with van der Waals surface area (Å²) in [5.74, 6) is 4.09. The van der Waals surface area contributed by atoms with Crippen molar-refractivity contribution in [2.45, 2.75) is 38.1 Å². The minimum atomic E-state index is 0. The zero-order valence-electron chi connectivity index (χ0n) is 15.2. The third-order valence-electron chi connectivity index (χ3n) is 6.23. The number of rotatable bonds is 4. The average molecular weight is 458 g/mol. The minimum Gasteiger partial charge on any atom is -0.469 e. The molecule has 1 N–H and O–H groups in total. The van der Waals surface area contributed by atoms with Crippen LogP contribution in [0.1, 0.15) is 31.4 Å². The Hall–Kier alpha value is -0.760. The number of piperazine rings is 1. The van der Waals surface area contributed by atoms with E-state index in [0.29, 0.717) is 0 Å². The fourth-order valence-electron chi connectivity index (χ4n) is 5.01. The monoisotopic (exact) mass is 458 g/mol. The Kier molecular flexibility index (Phi) is 6.66. The molecule has 0 spiro atoms. The highest BCUT2D eigenvalue weighted by Gasteiger charge is 2.42. The molecule has 2 heterocycles. The zero-order chi connectivity index (χ0) is 16.4. The number of guanidine groups is 1. The Labute approximate surface area is 168 Å². The van der Waals surface area contributed by atoms with Crippen LogP contribution in [0.5, 0.6) is 0 Å². The van der Waals surface area contributed by atoms with Crippen molar-refractivity contribution in [1.29, 1.82) is 0 Å². The highest BCUT2D eigenvalue weighted by molar-refractivity contribution is 14.0. The molecule has 2 saturated carbocycles. The Morgan fingerprint density at radius 1 is 1.24 bits per heavy atom. The first-order chi connectivity index (χ1) is 11.8. The lowest BCUT2D eigenvalue weighted by Gasteiger charge is -2.41. The van der Waals surface area contributed by atoms with E-state index < -0.39 is 0 Å². The third kappa shape index (κ3) is 4.32. The first-order valence-electron chi connectivity index (χ1n) is 9.55. The first kappa shape index (κ1) is 19.0. The molecule has 2 aliphatic carbocycles. The van der Waals surface area contributed by atoms with Crippen LogP contribution in [0.15, 0.2) is 27.8 Å². The van der Waals surface area contributed by atoms with Crippen LogP contribution in [0.2, 0.25) is 0 Å². The minimum absolute atomic E-state index is 0. The van der Waals surface area contributed by atoms with Crippen LogP contribution in [0.25, 0.3) is 0 Å². The van der Waals surface area contributed by atoms with Crippen LogP contribution >= 0.6 is 24.0 Å². The molecule has 1 saturated heterocycles. The van der Waals surface area contributed by atoms with E-state index in [4.69, 9.17) is 4.42 Å². The van der Waals surface area contributed by atoms with E-state index in [9.17, 15) is 0 Å². The van der Waals surface area contributed by atoms with Crippen molar-refractivity contribution in [1.82, 2.24) is 15.1 Å². The topological polar surface area (TPSA) is 44.0 Å². The van der Waals surface area contributed by atoms with Gasteiger partial charge in [0, 0.05) is 52.2 Å². The summed E-state index contributed by atoms with van der Waals surface area (Å²) in [6.45, 7) is 5.43. The standard InChI is InChI=1S/C19H30N4O.HI/c1-20-19(21-7-6-17-3-2-12-24-17)23-10-8-22(9-11-23)18-14-15-4-5-16(18)13-15;/h2-3,12,15-16,18H,4-11,13-14H2,1H3,(H,20,21);1H. The van der Waals surface area contributed by atoms with Gasteiger partial charge in [0.25, 0.3) is 0 Å². The molecule has 25 heavy (non-hydrogen) atoms. The largest absolute Gasteiger partial charge is 0.469 e. The number of aliphatic imine (C=N–C) groups is 1. The molecule has 1 aromatic rings. The molecule has 0 aromatic carbocycles. The van der Waals surface area contributed by atoms with Crippen LogP contribution in [0.4, 0.5) is 0 Å². The van der Waals surface area contributed by atoms with E-state index >= 15 is 0 Å². The van der Waals surface area contributed by atoms with Gasteiger partial charge in [0.15, 0.2) is 5.96 Å². The van der Waals surface area contributed by atoms with Gasteiger partial charge in [-0.05, 0) is 43.2 Å². The Bertz CT molecular complexity index is 554. The first-order valence-corrected chi connectivity index (χ1v) is 9.55. The molecule has 1 aliphatic heterocycles. The third-order valence-corrected chi connectivity index (χ3v) is 6.23. The highest BCUT2D eigenvalue weighted by atomic mass is 127. The molecule has 0 radical (unpaired) electrons. The fraction of sp³-hybridized carbons (Fsp3) is 0.737. The Balaban J connectivity index is 0.00000182. The van der Waals surface area contributed by atoms with E-state index in [-0.39, 0.29) is 24.0 Å². The maximum Gasteiger partial charge on any atom is 0.193 e. The molecule has 5 nitrogen and oxygen atoms in total. The summed E-state index contributed by atoms with van der Waals surface area (Å²) in [6.07, 6.45) is 8.57. The molecule has 1 aromatic heterocycles. The molecule has 3 unspecified atom stereocenters. The molecular weight excluding hydrogens is 427 g/mol. The number of hydrogen-bond acceptors (Lipinski definition) is 3. The molecule has 3 fully saturated rings. The summed E-state index contributed by atoms with van der Waals surface area (Å²) in [6, 6.07) is 4.84. The number of furan rings is 1. The van der Waals surface area contributed by atoms with Gasteiger partial charge in [-0.3, -0.25) is 9.89 Å². The van der Waals surface area contributed by atoms with Crippen LogP contribution in [-0.2, 0) is 6.42 Å². The second-order valence-electron chi connectivity index (χ2n) is 7.57. The summed E-state index contributed by atoms with van der Waals surface area (Å²) < 4.78 is 5.39. The maximum atomic E-state index is 5.39. The quantitative estimate of drug-likeness (QED) is 0.428. The Morgan fingerprint density at radius 3 is 2.68 bits per heavy atom. The van der Waals surface area contributed by atoms with Crippen LogP contribution in [0.3, 0.4) is 0 Å². The SMILES string of the molecule is CN=C(NCCc1ccco1)N1CCN(C2CC3CCC2C3)CC1.I. The molecule has 140 valence electrons. The van der Waals surface area contributed by atoms with Gasteiger partial charge in [0.2, 0.25) is 0 Å². The van der Waals surface area contributed by atoms with Gasteiger partial charge in [-0.2, -0.15) is 0 Å². The van der Waals surface area contributed by atoms with Gasteiger partial charge in [0.1, 0.15) is 5.76 Å². The van der Waals surface area contributed by atoms with Gasteiger partial charge in [0.05, 0.1) is 6.26 Å². The van der Waals surface area contributed by atoms with Crippen molar-refractivity contribution >= 4 is 29.9 Å². The second kappa shape index (κ2) is 8.75. The van der Waals surface area contributed by atoms with Gasteiger partial charge in [-0.15, -0.1) is 24.0 Å². The molecular formula is C19H31IN4O. The average Bonchev–Trinajstić information content (AvgIpc) is 3.37. The second-order valence-corrected chi connectivity index (χ2v) is 7.57. The van der Waals surface area contributed by atoms with Crippen molar-refractivity contribution in [3.8, 4) is 0 Å². The van der Waals surface area contributed by atoms with Gasteiger partial charge in [-0.25, -0.2) is 0 Å². The van der Waals surface area contributed by atoms with E-state index in [1.54, 1.807) is 6.26 Å². The molecule has 3 atom stereocenters. The number of fused-ring (bicyclic) bond motifs is 2. The maximum absolute atomic E-state index is 5.39. The van der Waals surface area contributed by atoms with Gasteiger partial charge in [-0.1, -0.05) is 6.42 Å². The van der Waals surface area contributed by atoms with Crippen LogP contribution < -0.4 is 5.32 Å². The van der Waals surface area contributed by atoms with E-state index in [0.717, 1.165) is 55.7 Å². The predicted octanol–water partition coefficient (Wildman–Crippen LogP) is 2.82. The predicted molar refractivity (Wildman–Crippen MR) is 112 cm³/mol. The highest BCUT2D eigenvalue weighted by Crippen LogP contribution is 2.46. The number of hydrogen-bond donors (Lipinski definition) is 1. The van der Waals surface area contributed by atoms with E-state index in [1.165, 1.54) is 38.8 Å². The summed E-state index contributed by atoms with van der Waals surface area (Å²) in [7, 11) is 1.89. The van der Waals surface area contributed by atoms with Crippen molar-refractivity contribution in [2.24, 2.45) is 16.8 Å². The summed E-state index contributed by atoms with van der Waals surface area (Å²) in [4.78, 5) is 9.64. The molecule has 0 amide bonds. The summed E-state index contributed by atoms with van der Waals surface area (Å²) >= 11 is 0.